The number of hydrogen-bond donors (Lipinski definition) is 0. The zero-order valence-electron chi connectivity index (χ0n) is 37.0. The first-order valence-electron chi connectivity index (χ1n) is 23.1. The van der Waals surface area contributed by atoms with Crippen LogP contribution in [0.4, 0.5) is 17.1 Å². The SMILES string of the molecule is CC1(C)c2ccccc2-c2ccc(-c3cccc(N(c4ccc(-n5c6ccccc6c6ccccc65)cc4)c4cccc5c4-c4ccccc4C5(c4ccccc4)c4ccccc4)c3)cc21. The van der Waals surface area contributed by atoms with Crippen molar-refractivity contribution in [2.75, 3.05) is 4.90 Å². The number of para-hydroxylation sites is 2. The van der Waals surface area contributed by atoms with Gasteiger partial charge in [0.25, 0.3) is 0 Å². The van der Waals surface area contributed by atoms with Crippen molar-refractivity contribution in [1.82, 2.24) is 4.57 Å². The minimum Gasteiger partial charge on any atom is -0.310 e. The van der Waals surface area contributed by atoms with E-state index in [9.17, 15) is 0 Å². The van der Waals surface area contributed by atoms with Crippen molar-refractivity contribution in [3.8, 4) is 39.1 Å². The van der Waals surface area contributed by atoms with E-state index in [1.54, 1.807) is 0 Å². The summed E-state index contributed by atoms with van der Waals surface area (Å²) in [7, 11) is 0. The van der Waals surface area contributed by atoms with Crippen molar-refractivity contribution in [3.05, 3.63) is 276 Å². The van der Waals surface area contributed by atoms with E-state index < -0.39 is 5.41 Å². The van der Waals surface area contributed by atoms with Gasteiger partial charge in [-0.25, -0.2) is 0 Å². The maximum absolute atomic E-state index is 2.49. The summed E-state index contributed by atoms with van der Waals surface area (Å²) in [6.45, 7) is 4.72. The number of aromatic nitrogens is 1. The minimum atomic E-state index is -0.521. The highest BCUT2D eigenvalue weighted by Gasteiger charge is 2.47. The smallest absolute Gasteiger partial charge is 0.0714 e. The van der Waals surface area contributed by atoms with Crippen molar-refractivity contribution in [2.24, 2.45) is 0 Å². The molecule has 0 N–H and O–H groups in total. The average molecular weight is 843 g/mol. The molecular weight excluding hydrogens is 797 g/mol. The predicted octanol–water partition coefficient (Wildman–Crippen LogP) is 16.6. The van der Waals surface area contributed by atoms with Gasteiger partial charge < -0.3 is 9.47 Å². The molecule has 0 saturated heterocycles. The fourth-order valence-electron chi connectivity index (χ4n) is 11.7. The van der Waals surface area contributed by atoms with Gasteiger partial charge in [0.05, 0.1) is 22.1 Å². The topological polar surface area (TPSA) is 8.17 Å². The number of nitrogens with zero attached hydrogens (tertiary/aromatic N) is 2. The molecule has 2 aliphatic rings. The van der Waals surface area contributed by atoms with E-state index >= 15 is 0 Å². The third-order valence-electron chi connectivity index (χ3n) is 14.7. The lowest BCUT2D eigenvalue weighted by Crippen LogP contribution is -2.28. The Morgan fingerprint density at radius 2 is 0.909 bits per heavy atom. The summed E-state index contributed by atoms with van der Waals surface area (Å²) < 4.78 is 2.40. The van der Waals surface area contributed by atoms with Gasteiger partial charge in [-0.05, 0) is 122 Å². The van der Waals surface area contributed by atoms with Gasteiger partial charge >= 0.3 is 0 Å². The standard InChI is InChI=1S/C64H46N2/c1-63(2)55-29-13-9-25-50(55)51-40-35-44(42-58(51)63)43-19-17-24-49(41-43)65(47-36-38-48(39-37-47)66-59-32-15-11-26-52(59)53-27-12-16-33-60(53)66)61-34-18-31-57-62(61)54-28-10-14-30-56(54)64(57,45-20-5-3-6-21-45)46-22-7-4-8-23-46/h3-42H,1-2H3. The molecule has 0 amide bonds. The predicted molar refractivity (Wildman–Crippen MR) is 276 cm³/mol. The zero-order chi connectivity index (χ0) is 44.0. The molecule has 0 spiro atoms. The minimum absolute atomic E-state index is 0.0916. The maximum atomic E-state index is 2.49. The number of anilines is 3. The molecule has 0 atom stereocenters. The van der Waals surface area contributed by atoms with Gasteiger partial charge in [0.2, 0.25) is 0 Å². The first-order chi connectivity index (χ1) is 32.5. The highest BCUT2D eigenvalue weighted by Crippen LogP contribution is 2.59. The maximum Gasteiger partial charge on any atom is 0.0714 e. The molecule has 0 bridgehead atoms. The molecule has 0 aliphatic heterocycles. The molecule has 66 heavy (non-hydrogen) atoms. The van der Waals surface area contributed by atoms with E-state index in [-0.39, 0.29) is 5.41 Å². The molecule has 1 heterocycles. The molecule has 0 fully saturated rings. The van der Waals surface area contributed by atoms with Crippen molar-refractivity contribution in [1.29, 1.82) is 0 Å². The van der Waals surface area contributed by atoms with E-state index in [1.165, 1.54) is 88.6 Å². The molecule has 2 aliphatic carbocycles. The van der Waals surface area contributed by atoms with Gasteiger partial charge in [0, 0.05) is 38.8 Å². The van der Waals surface area contributed by atoms with Crippen molar-refractivity contribution in [2.45, 2.75) is 24.7 Å². The first-order valence-corrected chi connectivity index (χ1v) is 23.1. The van der Waals surface area contributed by atoms with Crippen LogP contribution in [0.3, 0.4) is 0 Å². The molecule has 2 nitrogen and oxygen atoms in total. The zero-order valence-corrected chi connectivity index (χ0v) is 37.0. The lowest BCUT2D eigenvalue weighted by atomic mass is 9.68. The van der Waals surface area contributed by atoms with Crippen molar-refractivity contribution < 1.29 is 0 Å². The molecule has 0 radical (unpaired) electrons. The quantitative estimate of drug-likeness (QED) is 0.155. The van der Waals surface area contributed by atoms with Gasteiger partial charge in [-0.1, -0.05) is 196 Å². The van der Waals surface area contributed by atoms with E-state index in [2.05, 4.69) is 266 Å². The third kappa shape index (κ3) is 5.48. The van der Waals surface area contributed by atoms with Crippen LogP contribution < -0.4 is 4.90 Å². The van der Waals surface area contributed by atoms with Gasteiger partial charge in [-0.15, -0.1) is 0 Å². The summed E-state index contributed by atoms with van der Waals surface area (Å²) in [4.78, 5) is 2.49. The van der Waals surface area contributed by atoms with Crippen LogP contribution in [0, 0.1) is 0 Å². The van der Waals surface area contributed by atoms with Gasteiger partial charge in [-0.2, -0.15) is 0 Å². The third-order valence-corrected chi connectivity index (χ3v) is 14.7. The number of benzene rings is 10. The van der Waals surface area contributed by atoms with Crippen LogP contribution in [0.2, 0.25) is 0 Å². The summed E-state index contributed by atoms with van der Waals surface area (Å²) in [6, 6.07) is 90.0. The number of fused-ring (bicyclic) bond motifs is 9. The van der Waals surface area contributed by atoms with Crippen LogP contribution in [0.5, 0.6) is 0 Å². The number of hydrogen-bond acceptors (Lipinski definition) is 1. The highest BCUT2D eigenvalue weighted by atomic mass is 15.1. The fourth-order valence-corrected chi connectivity index (χ4v) is 11.7. The van der Waals surface area contributed by atoms with Crippen LogP contribution in [0.15, 0.2) is 243 Å². The lowest BCUT2D eigenvalue weighted by Gasteiger charge is -2.34. The summed E-state index contributed by atoms with van der Waals surface area (Å²) in [5.41, 5.74) is 21.7. The second-order valence-corrected chi connectivity index (χ2v) is 18.4. The van der Waals surface area contributed by atoms with E-state index in [1.807, 2.05) is 0 Å². The molecular formula is C64H46N2. The summed E-state index contributed by atoms with van der Waals surface area (Å²) in [5.74, 6) is 0. The van der Waals surface area contributed by atoms with Gasteiger partial charge in [0.15, 0.2) is 0 Å². The molecule has 312 valence electrons. The summed E-state index contributed by atoms with van der Waals surface area (Å²) in [5, 5.41) is 2.52. The Hall–Kier alpha value is -8.20. The fraction of sp³-hybridized carbons (Fsp3) is 0.0625. The second kappa shape index (κ2) is 14.7. The Morgan fingerprint density at radius 1 is 0.364 bits per heavy atom. The van der Waals surface area contributed by atoms with E-state index in [0.717, 1.165) is 22.7 Å². The van der Waals surface area contributed by atoms with Crippen molar-refractivity contribution in [3.63, 3.8) is 0 Å². The molecule has 10 aromatic carbocycles. The largest absolute Gasteiger partial charge is 0.310 e. The van der Waals surface area contributed by atoms with Crippen LogP contribution in [-0.4, -0.2) is 4.57 Å². The van der Waals surface area contributed by atoms with Crippen LogP contribution in [-0.2, 0) is 10.8 Å². The summed E-state index contributed by atoms with van der Waals surface area (Å²) in [6.07, 6.45) is 0. The molecule has 2 heteroatoms. The molecule has 0 unspecified atom stereocenters. The number of rotatable bonds is 7. The molecule has 11 aromatic rings. The second-order valence-electron chi connectivity index (χ2n) is 18.4. The normalized spacial score (nSPS) is 13.8. The van der Waals surface area contributed by atoms with E-state index in [4.69, 9.17) is 0 Å². The Labute approximate surface area is 386 Å². The Bertz CT molecular complexity index is 3580. The Kier molecular flexibility index (Phi) is 8.51. The highest BCUT2D eigenvalue weighted by molar-refractivity contribution is 6.09. The van der Waals surface area contributed by atoms with Gasteiger partial charge in [0.1, 0.15) is 0 Å². The van der Waals surface area contributed by atoms with Crippen LogP contribution >= 0.6 is 0 Å². The Balaban J connectivity index is 1.03. The molecule has 0 saturated carbocycles. The monoisotopic (exact) mass is 842 g/mol. The average Bonchev–Trinajstić information content (AvgIpc) is 3.96. The lowest BCUT2D eigenvalue weighted by molar-refractivity contribution is 0.660. The Morgan fingerprint density at radius 3 is 1.61 bits per heavy atom. The van der Waals surface area contributed by atoms with Gasteiger partial charge in [-0.3, -0.25) is 0 Å². The van der Waals surface area contributed by atoms with Crippen LogP contribution in [0.1, 0.15) is 47.2 Å². The van der Waals surface area contributed by atoms with Crippen LogP contribution in [0.25, 0.3) is 60.9 Å². The molecule has 13 rings (SSSR count). The van der Waals surface area contributed by atoms with E-state index in [0.29, 0.717) is 0 Å². The first kappa shape index (κ1) is 38.3. The molecule has 1 aromatic heterocycles. The summed E-state index contributed by atoms with van der Waals surface area (Å²) >= 11 is 0. The van der Waals surface area contributed by atoms with Crippen molar-refractivity contribution >= 4 is 38.9 Å².